The van der Waals surface area contributed by atoms with Gasteiger partial charge in [0.1, 0.15) is 11.6 Å². The van der Waals surface area contributed by atoms with E-state index < -0.39 is 15.7 Å². The van der Waals surface area contributed by atoms with Crippen LogP contribution in [0.15, 0.2) is 65.7 Å². The van der Waals surface area contributed by atoms with Crippen LogP contribution in [0.4, 0.5) is 4.39 Å². The number of benzene rings is 2. The number of halogens is 2. The number of hydrogen-bond acceptors (Lipinski definition) is 5. The number of nitrogens with zero attached hydrogens (tertiary/aromatic N) is 1. The highest BCUT2D eigenvalue weighted by Crippen LogP contribution is 2.36. The monoisotopic (exact) mass is 596 g/mol. The Hall–Kier alpha value is -3.23. The second-order valence-corrected chi connectivity index (χ2v) is 13.3. The summed E-state index contributed by atoms with van der Waals surface area (Å²) in [6, 6.07) is 14.9. The van der Waals surface area contributed by atoms with E-state index in [2.05, 4.69) is 16.0 Å². The third-order valence-corrected chi connectivity index (χ3v) is 10.3. The van der Waals surface area contributed by atoms with Crippen LogP contribution in [-0.2, 0) is 21.1 Å². The van der Waals surface area contributed by atoms with Crippen LogP contribution in [0.1, 0.15) is 50.5 Å². The number of methoxy groups -OCH3 is 1. The Bertz CT molecular complexity index is 1640. The predicted octanol–water partition coefficient (Wildman–Crippen LogP) is 7.59. The number of ketones is 1. The van der Waals surface area contributed by atoms with Gasteiger partial charge in [0.15, 0.2) is 9.84 Å². The highest BCUT2D eigenvalue weighted by atomic mass is 35.5. The van der Waals surface area contributed by atoms with E-state index in [1.165, 1.54) is 24.3 Å². The number of carbonyl (C=O) groups excluding carboxylic acids is 1. The molecule has 1 aliphatic carbocycles. The fourth-order valence-corrected chi connectivity index (χ4v) is 7.78. The van der Waals surface area contributed by atoms with Crippen molar-refractivity contribution in [3.8, 4) is 17.1 Å². The summed E-state index contributed by atoms with van der Waals surface area (Å²) < 4.78 is 44.5. The lowest BCUT2D eigenvalue weighted by molar-refractivity contribution is -0.123. The maximum Gasteiger partial charge on any atom is 0.224 e. The van der Waals surface area contributed by atoms with Gasteiger partial charge < -0.3 is 9.72 Å². The number of H-pyrrole nitrogens is 1. The van der Waals surface area contributed by atoms with Crippen molar-refractivity contribution in [1.29, 1.82) is 0 Å². The minimum atomic E-state index is -3.50. The average molecular weight is 597 g/mol. The van der Waals surface area contributed by atoms with Crippen LogP contribution in [0.3, 0.4) is 0 Å². The molecular weight excluding hydrogens is 563 g/mol. The summed E-state index contributed by atoms with van der Waals surface area (Å²) in [6.07, 6.45) is 7.60. The zero-order valence-corrected chi connectivity index (χ0v) is 24.6. The smallest absolute Gasteiger partial charge is 0.224 e. The molecular formula is C32H34ClFN2O4S. The molecule has 2 atom stereocenters. The molecule has 6 nitrogen and oxygen atoms in total. The molecule has 5 rings (SSSR count). The van der Waals surface area contributed by atoms with Crippen molar-refractivity contribution in [2.45, 2.75) is 56.3 Å². The molecule has 4 aromatic rings. The Morgan fingerprint density at radius 1 is 1.05 bits per heavy atom. The maximum absolute atomic E-state index is 13.3. The minimum absolute atomic E-state index is 0.00271. The second kappa shape index (κ2) is 12.7. The molecule has 0 saturated heterocycles. The van der Waals surface area contributed by atoms with E-state index >= 15 is 0 Å². The van der Waals surface area contributed by atoms with Gasteiger partial charge in [0.05, 0.1) is 34.0 Å². The van der Waals surface area contributed by atoms with Crippen LogP contribution in [0.25, 0.3) is 22.2 Å². The number of hydrogen-bond donors (Lipinski definition) is 1. The Morgan fingerprint density at radius 3 is 2.61 bits per heavy atom. The Balaban J connectivity index is 1.20. The van der Waals surface area contributed by atoms with Crippen molar-refractivity contribution in [2.75, 3.05) is 12.9 Å². The van der Waals surface area contributed by atoms with Crippen LogP contribution in [-0.4, -0.2) is 37.0 Å². The third kappa shape index (κ3) is 6.99. The molecule has 0 amide bonds. The van der Waals surface area contributed by atoms with Gasteiger partial charge in [-0.2, -0.15) is 0 Å². The van der Waals surface area contributed by atoms with E-state index in [1.807, 2.05) is 18.2 Å². The summed E-state index contributed by atoms with van der Waals surface area (Å²) in [5.74, 6) is 0.220. The number of nitrogens with one attached hydrogen (secondary N) is 1. The first kappa shape index (κ1) is 29.3. The summed E-state index contributed by atoms with van der Waals surface area (Å²) in [5.41, 5.74) is 3.53. The topological polar surface area (TPSA) is 89.1 Å². The first-order valence-electron chi connectivity index (χ1n) is 14.0. The number of rotatable bonds is 9. The zero-order valence-electron chi connectivity index (χ0n) is 23.0. The van der Waals surface area contributed by atoms with Gasteiger partial charge >= 0.3 is 0 Å². The third-order valence-electron chi connectivity index (χ3n) is 8.10. The van der Waals surface area contributed by atoms with Gasteiger partial charge in [-0.05, 0) is 86.1 Å². The molecule has 1 saturated carbocycles. The zero-order chi connectivity index (χ0) is 29.0. The van der Waals surface area contributed by atoms with E-state index in [9.17, 15) is 17.6 Å². The summed E-state index contributed by atoms with van der Waals surface area (Å²) in [7, 11) is -1.94. The van der Waals surface area contributed by atoms with Gasteiger partial charge in [-0.3, -0.25) is 4.79 Å². The van der Waals surface area contributed by atoms with Crippen LogP contribution in [0.2, 0.25) is 5.02 Å². The van der Waals surface area contributed by atoms with Gasteiger partial charge in [-0.25, -0.2) is 17.8 Å². The molecule has 0 radical (unpaired) electrons. The number of fused-ring (bicyclic) bond motifs is 1. The van der Waals surface area contributed by atoms with Crippen LogP contribution in [0.5, 0.6) is 5.88 Å². The number of carbonyl (C=O) groups is 1. The molecule has 2 heterocycles. The Kier molecular flexibility index (Phi) is 9.09. The van der Waals surface area contributed by atoms with E-state index in [0.717, 1.165) is 47.8 Å². The molecule has 9 heteroatoms. The number of ether oxygens (including phenoxy) is 1. The summed E-state index contributed by atoms with van der Waals surface area (Å²) >= 11 is 6.44. The largest absolute Gasteiger partial charge is 0.480 e. The normalized spacial score (nSPS) is 18.1. The molecule has 1 fully saturated rings. The summed E-state index contributed by atoms with van der Waals surface area (Å²) in [6.45, 7) is 0. The van der Waals surface area contributed by atoms with Crippen LogP contribution < -0.4 is 4.74 Å². The first-order valence-corrected chi connectivity index (χ1v) is 16.1. The van der Waals surface area contributed by atoms with Crippen molar-refractivity contribution >= 4 is 38.1 Å². The molecule has 0 spiro atoms. The van der Waals surface area contributed by atoms with E-state index in [1.54, 1.807) is 19.4 Å². The van der Waals surface area contributed by atoms with Gasteiger partial charge in [-0.1, -0.05) is 36.6 Å². The van der Waals surface area contributed by atoms with Gasteiger partial charge in [0, 0.05) is 29.4 Å². The lowest BCUT2D eigenvalue weighted by Gasteiger charge is -2.24. The first-order chi connectivity index (χ1) is 19.7. The second-order valence-electron chi connectivity index (χ2n) is 10.9. The summed E-state index contributed by atoms with van der Waals surface area (Å²) in [4.78, 5) is 21.1. The van der Waals surface area contributed by atoms with Gasteiger partial charge in [0.25, 0.3) is 0 Å². The summed E-state index contributed by atoms with van der Waals surface area (Å²) in [5, 5.41) is 1.57. The van der Waals surface area contributed by atoms with Crippen molar-refractivity contribution in [2.24, 2.45) is 11.8 Å². The SMILES string of the molecule is COc1nccc(Cl)c1-c1cc2ccc(CCC(=O)C3CCCCC(CS(=O)(=O)c4ccc(F)cc4)CC3)cc2[nH]1. The van der Waals surface area contributed by atoms with Crippen molar-refractivity contribution < 1.29 is 22.3 Å². The van der Waals surface area contributed by atoms with Crippen LogP contribution >= 0.6 is 11.6 Å². The van der Waals surface area contributed by atoms with Crippen molar-refractivity contribution in [3.63, 3.8) is 0 Å². The Labute approximate surface area is 245 Å². The standard InChI is InChI=1S/C32H34ClFN2O4S/c1-40-32-31(27(33)16-17-35-32)29-19-24-10-6-21(18-28(24)36-29)8-15-30(37)23-5-3-2-4-22(7-9-23)20-41(38,39)26-13-11-25(34)12-14-26/h6,10-14,16-19,22-23,36H,2-5,7-9,15,20H2,1H3. The van der Waals surface area contributed by atoms with Gasteiger partial charge in [0.2, 0.25) is 5.88 Å². The molecule has 2 aromatic carbocycles. The molecule has 1 aliphatic rings. The fourth-order valence-electron chi connectivity index (χ4n) is 5.84. The molecule has 216 valence electrons. The predicted molar refractivity (Wildman–Crippen MR) is 160 cm³/mol. The van der Waals surface area contributed by atoms with Crippen molar-refractivity contribution in [3.05, 3.63) is 77.2 Å². The van der Waals surface area contributed by atoms with Gasteiger partial charge in [-0.15, -0.1) is 0 Å². The molecule has 2 unspecified atom stereocenters. The molecule has 0 bridgehead atoms. The molecule has 2 aromatic heterocycles. The number of Topliss-reactive ketones (excluding diaryl/α,β-unsaturated/α-hetero) is 1. The highest BCUT2D eigenvalue weighted by molar-refractivity contribution is 7.91. The molecule has 1 N–H and O–H groups in total. The lowest BCUT2D eigenvalue weighted by Crippen LogP contribution is -2.22. The minimum Gasteiger partial charge on any atom is -0.480 e. The molecule has 41 heavy (non-hydrogen) atoms. The quantitative estimate of drug-likeness (QED) is 0.201. The van der Waals surface area contributed by atoms with E-state index in [0.29, 0.717) is 42.1 Å². The Morgan fingerprint density at radius 2 is 1.83 bits per heavy atom. The maximum atomic E-state index is 13.3. The number of sulfone groups is 1. The highest BCUT2D eigenvalue weighted by Gasteiger charge is 2.26. The number of aromatic nitrogens is 2. The number of aryl methyl sites for hydroxylation is 1. The molecule has 0 aliphatic heterocycles. The number of aromatic amines is 1. The average Bonchev–Trinajstić information content (AvgIpc) is 3.36. The van der Waals surface area contributed by atoms with Crippen molar-refractivity contribution in [1.82, 2.24) is 9.97 Å². The lowest BCUT2D eigenvalue weighted by atomic mass is 9.83. The fraction of sp³-hybridized carbons (Fsp3) is 0.375. The van der Waals surface area contributed by atoms with E-state index in [4.69, 9.17) is 16.3 Å². The van der Waals surface area contributed by atoms with Crippen LogP contribution in [0, 0.1) is 17.7 Å². The number of pyridine rings is 1. The van der Waals surface area contributed by atoms with E-state index in [-0.39, 0.29) is 28.3 Å².